The van der Waals surface area contributed by atoms with Crippen molar-refractivity contribution in [3.8, 4) is 0 Å². The van der Waals surface area contributed by atoms with Crippen LogP contribution in [0.5, 0.6) is 0 Å². The van der Waals surface area contributed by atoms with Gasteiger partial charge in [0.15, 0.2) is 11.7 Å². The minimum absolute atomic E-state index is 0.123. The van der Waals surface area contributed by atoms with Crippen LogP contribution in [0, 0.1) is 5.92 Å². The van der Waals surface area contributed by atoms with Crippen LogP contribution >= 0.6 is 11.6 Å². The van der Waals surface area contributed by atoms with Crippen LogP contribution < -0.4 is 5.32 Å². The molecule has 0 bridgehead atoms. The Morgan fingerprint density at radius 1 is 1.23 bits per heavy atom. The molecule has 2 fully saturated rings. The van der Waals surface area contributed by atoms with Crippen LogP contribution in [0.25, 0.3) is 0 Å². The Balaban J connectivity index is 1.83. The summed E-state index contributed by atoms with van der Waals surface area (Å²) < 4.78 is 0. The SMILES string of the molecule is O=C(O)CNC(=O)C1C(=O)CC2(CCC2)N(Cc2ccc(Cl)cc2)C1=O. The van der Waals surface area contributed by atoms with Gasteiger partial charge in [-0.1, -0.05) is 23.7 Å². The van der Waals surface area contributed by atoms with Gasteiger partial charge in [-0.05, 0) is 37.0 Å². The van der Waals surface area contributed by atoms with Crippen LogP contribution in [0.2, 0.25) is 5.02 Å². The summed E-state index contributed by atoms with van der Waals surface area (Å²) in [6.07, 6.45) is 2.49. The van der Waals surface area contributed by atoms with Gasteiger partial charge in [0.25, 0.3) is 0 Å². The lowest BCUT2D eigenvalue weighted by atomic mass is 9.67. The zero-order chi connectivity index (χ0) is 18.9. The van der Waals surface area contributed by atoms with Crippen molar-refractivity contribution in [1.29, 1.82) is 0 Å². The van der Waals surface area contributed by atoms with E-state index >= 15 is 0 Å². The van der Waals surface area contributed by atoms with E-state index in [-0.39, 0.29) is 13.0 Å². The molecule has 1 aromatic carbocycles. The number of halogens is 1. The van der Waals surface area contributed by atoms with Gasteiger partial charge in [0.05, 0.1) is 5.54 Å². The van der Waals surface area contributed by atoms with Gasteiger partial charge in [-0.25, -0.2) is 0 Å². The van der Waals surface area contributed by atoms with E-state index in [9.17, 15) is 19.2 Å². The molecule has 2 N–H and O–H groups in total. The molecule has 1 saturated heterocycles. The van der Waals surface area contributed by atoms with Crippen molar-refractivity contribution in [3.63, 3.8) is 0 Å². The summed E-state index contributed by atoms with van der Waals surface area (Å²) in [6, 6.07) is 7.05. The van der Waals surface area contributed by atoms with Gasteiger partial charge in [-0.15, -0.1) is 0 Å². The Bertz CT molecular complexity index is 757. The van der Waals surface area contributed by atoms with Gasteiger partial charge < -0.3 is 15.3 Å². The Morgan fingerprint density at radius 2 is 1.88 bits per heavy atom. The minimum atomic E-state index is -1.48. The summed E-state index contributed by atoms with van der Waals surface area (Å²) in [6.45, 7) is -0.343. The summed E-state index contributed by atoms with van der Waals surface area (Å²) >= 11 is 5.90. The lowest BCUT2D eigenvalue weighted by molar-refractivity contribution is -0.164. The molecule has 138 valence electrons. The third kappa shape index (κ3) is 3.44. The van der Waals surface area contributed by atoms with Crippen LogP contribution in [0.4, 0.5) is 0 Å². The molecule has 3 rings (SSSR count). The molecule has 26 heavy (non-hydrogen) atoms. The first-order valence-corrected chi connectivity index (χ1v) is 8.78. The first kappa shape index (κ1) is 18.4. The number of Topliss-reactive ketones (excluding diaryl/α,β-unsaturated/α-hetero) is 1. The maximum Gasteiger partial charge on any atom is 0.322 e. The number of nitrogens with one attached hydrogen (secondary N) is 1. The van der Waals surface area contributed by atoms with Gasteiger partial charge >= 0.3 is 5.97 Å². The maximum absolute atomic E-state index is 13.0. The third-order valence-corrected chi connectivity index (χ3v) is 5.38. The number of piperidine rings is 1. The zero-order valence-electron chi connectivity index (χ0n) is 14.0. The van der Waals surface area contributed by atoms with Crippen LogP contribution in [0.15, 0.2) is 24.3 Å². The van der Waals surface area contributed by atoms with Crippen molar-refractivity contribution < 1.29 is 24.3 Å². The number of hydrogen-bond donors (Lipinski definition) is 2. The quantitative estimate of drug-likeness (QED) is 0.753. The fraction of sp³-hybridized carbons (Fsp3) is 0.444. The topological polar surface area (TPSA) is 104 Å². The van der Waals surface area contributed by atoms with E-state index in [1.54, 1.807) is 29.2 Å². The fourth-order valence-corrected chi connectivity index (χ4v) is 3.75. The van der Waals surface area contributed by atoms with Gasteiger partial charge in [-0.2, -0.15) is 0 Å². The molecule has 1 heterocycles. The average Bonchev–Trinajstić information content (AvgIpc) is 2.55. The number of rotatable bonds is 5. The average molecular weight is 379 g/mol. The molecule has 8 heteroatoms. The molecule has 1 aliphatic heterocycles. The molecule has 1 saturated carbocycles. The van der Waals surface area contributed by atoms with Crippen LogP contribution in [-0.4, -0.2) is 45.7 Å². The second-order valence-electron chi connectivity index (χ2n) is 6.82. The third-order valence-electron chi connectivity index (χ3n) is 5.13. The van der Waals surface area contributed by atoms with Crippen molar-refractivity contribution in [1.82, 2.24) is 10.2 Å². The molecule has 0 aromatic heterocycles. The highest BCUT2D eigenvalue weighted by Gasteiger charge is 2.55. The molecule has 7 nitrogen and oxygen atoms in total. The summed E-state index contributed by atoms with van der Waals surface area (Å²) in [4.78, 5) is 49.9. The van der Waals surface area contributed by atoms with E-state index in [4.69, 9.17) is 16.7 Å². The number of carboxylic acid groups (broad SMARTS) is 1. The molecular formula is C18H19ClN2O5. The molecule has 1 aliphatic carbocycles. The van der Waals surface area contributed by atoms with Crippen molar-refractivity contribution in [3.05, 3.63) is 34.9 Å². The molecule has 1 spiro atoms. The van der Waals surface area contributed by atoms with E-state index in [1.165, 1.54) is 0 Å². The van der Waals surface area contributed by atoms with Gasteiger partial charge in [0.2, 0.25) is 11.8 Å². The standard InChI is InChI=1S/C18H19ClN2O5/c19-12-4-2-11(3-5-12)10-21-17(26)15(16(25)20-9-14(23)24)13(22)8-18(21)6-1-7-18/h2-5,15H,1,6-10H2,(H,20,25)(H,23,24). The molecule has 2 aliphatic rings. The van der Waals surface area contributed by atoms with Gasteiger partial charge in [0.1, 0.15) is 6.54 Å². The number of carbonyl (C=O) groups is 4. The predicted octanol–water partition coefficient (Wildman–Crippen LogP) is 1.38. The number of hydrogen-bond acceptors (Lipinski definition) is 4. The zero-order valence-corrected chi connectivity index (χ0v) is 14.8. The Hall–Kier alpha value is -2.41. The van der Waals surface area contributed by atoms with E-state index in [0.717, 1.165) is 24.8 Å². The Labute approximate surface area is 155 Å². The number of amides is 2. The second-order valence-corrected chi connectivity index (χ2v) is 7.25. The molecule has 1 unspecified atom stereocenters. The highest BCUT2D eigenvalue weighted by Crippen LogP contribution is 2.45. The van der Waals surface area contributed by atoms with Crippen molar-refractivity contribution in [2.75, 3.05) is 6.54 Å². The molecule has 0 radical (unpaired) electrons. The minimum Gasteiger partial charge on any atom is -0.480 e. The number of benzene rings is 1. The predicted molar refractivity (Wildman–Crippen MR) is 92.3 cm³/mol. The van der Waals surface area contributed by atoms with E-state index in [2.05, 4.69) is 5.32 Å². The molecular weight excluding hydrogens is 360 g/mol. The van der Waals surface area contributed by atoms with Crippen LogP contribution in [0.3, 0.4) is 0 Å². The van der Waals surface area contributed by atoms with Crippen molar-refractivity contribution >= 4 is 35.2 Å². The number of likely N-dealkylation sites (tertiary alicyclic amines) is 1. The maximum atomic E-state index is 13.0. The first-order valence-electron chi connectivity index (χ1n) is 8.40. The van der Waals surface area contributed by atoms with Crippen LogP contribution in [0.1, 0.15) is 31.2 Å². The van der Waals surface area contributed by atoms with E-state index in [0.29, 0.717) is 5.02 Å². The fourth-order valence-electron chi connectivity index (χ4n) is 3.62. The monoisotopic (exact) mass is 378 g/mol. The Kier molecular flexibility index (Phi) is 5.00. The highest BCUT2D eigenvalue weighted by atomic mass is 35.5. The normalized spacial score (nSPS) is 21.4. The molecule has 2 amide bonds. The largest absolute Gasteiger partial charge is 0.480 e. The van der Waals surface area contributed by atoms with Crippen molar-refractivity contribution in [2.45, 2.75) is 37.8 Å². The highest BCUT2D eigenvalue weighted by molar-refractivity contribution is 6.30. The summed E-state index contributed by atoms with van der Waals surface area (Å²) in [5.41, 5.74) is 0.324. The van der Waals surface area contributed by atoms with E-state index in [1.807, 2.05) is 0 Å². The van der Waals surface area contributed by atoms with E-state index < -0.39 is 41.6 Å². The first-order chi connectivity index (χ1) is 12.3. The van der Waals surface area contributed by atoms with Crippen molar-refractivity contribution in [2.24, 2.45) is 5.92 Å². The lowest BCUT2D eigenvalue weighted by Gasteiger charge is -2.53. The summed E-state index contributed by atoms with van der Waals surface area (Å²) in [5.74, 6) is -4.56. The van der Waals surface area contributed by atoms with Gasteiger partial charge in [-0.3, -0.25) is 19.2 Å². The molecule has 1 atom stereocenters. The number of carbonyl (C=O) groups excluding carboxylic acids is 3. The number of carboxylic acids is 1. The summed E-state index contributed by atoms with van der Waals surface area (Å²) in [7, 11) is 0. The smallest absolute Gasteiger partial charge is 0.322 e. The number of aliphatic carboxylic acids is 1. The number of nitrogens with zero attached hydrogens (tertiary/aromatic N) is 1. The van der Waals surface area contributed by atoms with Crippen LogP contribution in [-0.2, 0) is 25.7 Å². The second kappa shape index (κ2) is 7.07. The van der Waals surface area contributed by atoms with Gasteiger partial charge in [0, 0.05) is 18.0 Å². The molecule has 1 aromatic rings. The number of ketones is 1. The Morgan fingerprint density at radius 3 is 2.42 bits per heavy atom. The lowest BCUT2D eigenvalue weighted by Crippen LogP contribution is -2.65. The summed E-state index contributed by atoms with van der Waals surface area (Å²) in [5, 5.41) is 11.4.